The van der Waals surface area contributed by atoms with Gasteiger partial charge >= 0.3 is 0 Å². The number of oxazole rings is 1. The van der Waals surface area contributed by atoms with Crippen LogP contribution in [0.25, 0.3) is 11.3 Å². The second-order valence-electron chi connectivity index (χ2n) is 6.70. The average Bonchev–Trinajstić information content (AvgIpc) is 3.44. The molecule has 0 saturated carbocycles. The highest BCUT2D eigenvalue weighted by Gasteiger charge is 2.19. The van der Waals surface area contributed by atoms with Crippen molar-refractivity contribution in [3.63, 3.8) is 0 Å². The van der Waals surface area contributed by atoms with Crippen LogP contribution in [0.3, 0.4) is 0 Å². The number of rotatable bonds is 8. The largest absolute Gasteiger partial charge is 0.481 e. The minimum Gasteiger partial charge on any atom is -0.481 e. The third kappa shape index (κ3) is 4.86. The van der Waals surface area contributed by atoms with Crippen molar-refractivity contribution in [3.05, 3.63) is 66.6 Å². The molecule has 0 aliphatic carbocycles. The van der Waals surface area contributed by atoms with E-state index in [2.05, 4.69) is 30.7 Å². The lowest BCUT2D eigenvalue weighted by Crippen LogP contribution is -2.14. The third-order valence-corrected chi connectivity index (χ3v) is 4.42. The smallest absolute Gasteiger partial charge is 0.278 e. The molecule has 10 heteroatoms. The molecular formula is C21H21N7O3. The van der Waals surface area contributed by atoms with E-state index in [0.717, 1.165) is 11.1 Å². The highest BCUT2D eigenvalue weighted by molar-refractivity contribution is 6.06. The first-order valence-electron chi connectivity index (χ1n) is 9.57. The van der Waals surface area contributed by atoms with Crippen molar-refractivity contribution in [3.8, 4) is 17.2 Å². The molecule has 0 radical (unpaired) electrons. The minimum absolute atomic E-state index is 0.218. The van der Waals surface area contributed by atoms with E-state index in [1.165, 1.54) is 6.39 Å². The van der Waals surface area contributed by atoms with Crippen LogP contribution >= 0.6 is 0 Å². The number of anilines is 2. The van der Waals surface area contributed by atoms with E-state index in [-0.39, 0.29) is 11.6 Å². The maximum Gasteiger partial charge on any atom is 0.278 e. The van der Waals surface area contributed by atoms with Crippen LogP contribution < -0.4 is 15.4 Å². The number of benzene rings is 1. The zero-order valence-electron chi connectivity index (χ0n) is 17.1. The van der Waals surface area contributed by atoms with Crippen molar-refractivity contribution >= 4 is 17.5 Å². The molecule has 4 aromatic rings. The molecule has 10 nitrogen and oxygen atoms in total. The zero-order valence-corrected chi connectivity index (χ0v) is 17.1. The van der Waals surface area contributed by atoms with Gasteiger partial charge in [0.25, 0.3) is 5.91 Å². The van der Waals surface area contributed by atoms with E-state index < -0.39 is 0 Å². The standard InChI is InChI=1S/C21H21N7O3/c1-14-4-3-5-15(10-14)19-18(24-13-31-19)20(29)26-16-11-25-28(12-16)9-8-23-21-22-7-6-17(27-21)30-2/h3-7,10-13H,8-9H2,1-2H3,(H,26,29)(H,22,23,27). The third-order valence-electron chi connectivity index (χ3n) is 4.42. The summed E-state index contributed by atoms with van der Waals surface area (Å²) in [4.78, 5) is 25.1. The SMILES string of the molecule is COc1ccnc(NCCn2cc(NC(=O)c3ncoc3-c3cccc(C)c3)cn2)n1. The number of amides is 1. The fourth-order valence-electron chi connectivity index (χ4n) is 2.96. The number of methoxy groups -OCH3 is 1. The Bertz CT molecular complexity index is 1180. The van der Waals surface area contributed by atoms with Crippen LogP contribution in [0.5, 0.6) is 5.88 Å². The summed E-state index contributed by atoms with van der Waals surface area (Å²) in [6.45, 7) is 3.07. The van der Waals surface area contributed by atoms with E-state index in [1.54, 1.807) is 36.4 Å². The molecule has 158 valence electrons. The summed E-state index contributed by atoms with van der Waals surface area (Å²) >= 11 is 0. The predicted octanol–water partition coefficient (Wildman–Crippen LogP) is 3.01. The number of carbonyl (C=O) groups excluding carboxylic acids is 1. The van der Waals surface area contributed by atoms with Crippen molar-refractivity contribution in [2.45, 2.75) is 13.5 Å². The van der Waals surface area contributed by atoms with Crippen molar-refractivity contribution in [2.75, 3.05) is 24.3 Å². The molecule has 0 fully saturated rings. The first kappa shape index (κ1) is 20.1. The second kappa shape index (κ2) is 9.08. The van der Waals surface area contributed by atoms with E-state index in [1.807, 2.05) is 31.2 Å². The summed E-state index contributed by atoms with van der Waals surface area (Å²) in [5.41, 5.74) is 2.63. The van der Waals surface area contributed by atoms with E-state index in [9.17, 15) is 4.79 Å². The number of aromatic nitrogens is 5. The molecule has 0 spiro atoms. The van der Waals surface area contributed by atoms with Crippen LogP contribution in [0.4, 0.5) is 11.6 Å². The maximum absolute atomic E-state index is 12.7. The number of ether oxygens (including phenoxy) is 1. The Morgan fingerprint density at radius 1 is 1.26 bits per heavy atom. The quantitative estimate of drug-likeness (QED) is 0.447. The van der Waals surface area contributed by atoms with Gasteiger partial charge in [0.15, 0.2) is 17.8 Å². The monoisotopic (exact) mass is 419 g/mol. The van der Waals surface area contributed by atoms with Gasteiger partial charge in [-0.1, -0.05) is 23.8 Å². The van der Waals surface area contributed by atoms with Gasteiger partial charge in [0.1, 0.15) is 0 Å². The number of hydrogen-bond donors (Lipinski definition) is 2. The van der Waals surface area contributed by atoms with Gasteiger partial charge < -0.3 is 19.8 Å². The van der Waals surface area contributed by atoms with Crippen LogP contribution in [0.1, 0.15) is 16.1 Å². The minimum atomic E-state index is -0.368. The van der Waals surface area contributed by atoms with E-state index in [4.69, 9.17) is 9.15 Å². The number of carbonyl (C=O) groups is 1. The molecule has 1 amide bonds. The Labute approximate surface area is 178 Å². The molecule has 2 N–H and O–H groups in total. The van der Waals surface area contributed by atoms with Crippen LogP contribution in [-0.2, 0) is 6.54 Å². The van der Waals surface area contributed by atoms with Gasteiger partial charge in [-0.05, 0) is 13.0 Å². The van der Waals surface area contributed by atoms with Crippen LogP contribution in [0.2, 0.25) is 0 Å². The Hall–Kier alpha value is -4.21. The van der Waals surface area contributed by atoms with Crippen molar-refractivity contribution < 1.29 is 13.9 Å². The Kier molecular flexibility index (Phi) is 5.88. The molecule has 0 bridgehead atoms. The fraction of sp³-hybridized carbons (Fsp3) is 0.190. The number of aryl methyl sites for hydroxylation is 1. The summed E-state index contributed by atoms with van der Waals surface area (Å²) in [5, 5.41) is 10.2. The topological polar surface area (TPSA) is 120 Å². The number of hydrogen-bond acceptors (Lipinski definition) is 8. The maximum atomic E-state index is 12.7. The first-order valence-corrected chi connectivity index (χ1v) is 9.57. The normalized spacial score (nSPS) is 10.6. The summed E-state index contributed by atoms with van der Waals surface area (Å²) in [6.07, 6.45) is 6.19. The van der Waals surface area contributed by atoms with Crippen molar-refractivity contribution in [1.82, 2.24) is 24.7 Å². The van der Waals surface area contributed by atoms with Gasteiger partial charge in [0.2, 0.25) is 11.8 Å². The molecular weight excluding hydrogens is 398 g/mol. The highest BCUT2D eigenvalue weighted by Crippen LogP contribution is 2.24. The fourth-order valence-corrected chi connectivity index (χ4v) is 2.96. The molecule has 0 saturated heterocycles. The molecule has 0 aliphatic heterocycles. The Morgan fingerprint density at radius 2 is 2.16 bits per heavy atom. The lowest BCUT2D eigenvalue weighted by atomic mass is 10.1. The summed E-state index contributed by atoms with van der Waals surface area (Å²) < 4.78 is 12.2. The van der Waals surface area contributed by atoms with E-state index >= 15 is 0 Å². The highest BCUT2D eigenvalue weighted by atomic mass is 16.5. The molecule has 4 rings (SSSR count). The zero-order chi connectivity index (χ0) is 21.6. The summed E-state index contributed by atoms with van der Waals surface area (Å²) in [7, 11) is 1.55. The van der Waals surface area contributed by atoms with Crippen LogP contribution in [0, 0.1) is 6.92 Å². The molecule has 3 heterocycles. The molecule has 0 unspecified atom stereocenters. The number of nitrogens with one attached hydrogen (secondary N) is 2. The van der Waals surface area contributed by atoms with Crippen LogP contribution in [0.15, 0.2) is 59.7 Å². The molecule has 1 aromatic carbocycles. The predicted molar refractivity (Wildman–Crippen MR) is 114 cm³/mol. The van der Waals surface area contributed by atoms with E-state index in [0.29, 0.717) is 36.4 Å². The first-order chi connectivity index (χ1) is 15.1. The summed E-state index contributed by atoms with van der Waals surface area (Å²) in [6, 6.07) is 9.37. The lowest BCUT2D eigenvalue weighted by Gasteiger charge is -2.06. The Morgan fingerprint density at radius 3 is 3.00 bits per heavy atom. The lowest BCUT2D eigenvalue weighted by molar-refractivity contribution is 0.102. The molecule has 3 aromatic heterocycles. The van der Waals surface area contributed by atoms with Gasteiger partial charge in [0.05, 0.1) is 25.5 Å². The van der Waals surface area contributed by atoms with Gasteiger partial charge in [0, 0.05) is 30.6 Å². The molecule has 0 atom stereocenters. The molecule has 31 heavy (non-hydrogen) atoms. The number of nitrogens with zero attached hydrogens (tertiary/aromatic N) is 5. The summed E-state index contributed by atoms with van der Waals surface area (Å²) in [5.74, 6) is 1.01. The van der Waals surface area contributed by atoms with Crippen LogP contribution in [-0.4, -0.2) is 44.3 Å². The molecule has 0 aliphatic rings. The van der Waals surface area contributed by atoms with Crippen molar-refractivity contribution in [1.29, 1.82) is 0 Å². The second-order valence-corrected chi connectivity index (χ2v) is 6.70. The van der Waals surface area contributed by atoms with Gasteiger partial charge in [-0.2, -0.15) is 10.1 Å². The van der Waals surface area contributed by atoms with Gasteiger partial charge in [-0.3, -0.25) is 9.48 Å². The average molecular weight is 419 g/mol. The van der Waals surface area contributed by atoms with Gasteiger partial charge in [-0.25, -0.2) is 9.97 Å². The van der Waals surface area contributed by atoms with Crippen molar-refractivity contribution in [2.24, 2.45) is 0 Å². The van der Waals surface area contributed by atoms with Gasteiger partial charge in [-0.15, -0.1) is 0 Å². The Balaban J connectivity index is 1.36.